The Bertz CT molecular complexity index is 1660. The lowest BCUT2D eigenvalue weighted by molar-refractivity contribution is -0.150. The Labute approximate surface area is 291 Å². The summed E-state index contributed by atoms with van der Waals surface area (Å²) in [7, 11) is 0. The lowest BCUT2D eigenvalue weighted by atomic mass is 9.49. The van der Waals surface area contributed by atoms with Crippen LogP contribution in [-0.4, -0.2) is 30.3 Å². The molecule has 2 fully saturated rings. The SMILES string of the molecule is C[C@]1(C(=O)NC(=O)[C@@]2(C)CCC[C@]3(C)c4cc(NC(=O)CCCCNC(N)=O)ccc4CCC23)CCC[C@]2(C)c3cc(N)ccc3CCC12. The van der Waals surface area contributed by atoms with E-state index in [4.69, 9.17) is 11.5 Å². The molecule has 4 aliphatic carbocycles. The second kappa shape index (κ2) is 13.1. The summed E-state index contributed by atoms with van der Waals surface area (Å²) in [5, 5.41) is 8.66. The zero-order chi connectivity index (χ0) is 35.2. The molecular formula is C40H55N5O4. The van der Waals surface area contributed by atoms with Crippen LogP contribution in [0.5, 0.6) is 0 Å². The Morgan fingerprint density at radius 3 is 1.88 bits per heavy atom. The van der Waals surface area contributed by atoms with Gasteiger partial charge in [-0.1, -0.05) is 52.7 Å². The van der Waals surface area contributed by atoms with Crippen LogP contribution in [0.1, 0.15) is 121 Å². The molecule has 49 heavy (non-hydrogen) atoms. The number of carbonyl (C=O) groups is 4. The predicted octanol–water partition coefficient (Wildman–Crippen LogP) is 6.41. The van der Waals surface area contributed by atoms with Gasteiger partial charge in [0.2, 0.25) is 17.7 Å². The molecule has 0 bridgehead atoms. The van der Waals surface area contributed by atoms with E-state index in [1.807, 2.05) is 12.1 Å². The van der Waals surface area contributed by atoms with Crippen LogP contribution in [0.15, 0.2) is 36.4 Å². The van der Waals surface area contributed by atoms with Crippen molar-refractivity contribution in [1.29, 1.82) is 0 Å². The summed E-state index contributed by atoms with van der Waals surface area (Å²) in [5.74, 6) is -0.142. The zero-order valence-electron chi connectivity index (χ0n) is 29.8. The summed E-state index contributed by atoms with van der Waals surface area (Å²) < 4.78 is 0. The van der Waals surface area contributed by atoms with Crippen molar-refractivity contribution < 1.29 is 19.2 Å². The van der Waals surface area contributed by atoms with Crippen molar-refractivity contribution in [1.82, 2.24) is 10.6 Å². The van der Waals surface area contributed by atoms with Gasteiger partial charge in [-0.2, -0.15) is 0 Å². The van der Waals surface area contributed by atoms with E-state index in [0.717, 1.165) is 75.6 Å². The van der Waals surface area contributed by atoms with Gasteiger partial charge in [-0.05, 0) is 133 Å². The summed E-state index contributed by atoms with van der Waals surface area (Å²) in [4.78, 5) is 52.5. The van der Waals surface area contributed by atoms with Crippen LogP contribution in [-0.2, 0) is 38.1 Å². The van der Waals surface area contributed by atoms with Crippen LogP contribution in [0.4, 0.5) is 16.2 Å². The molecule has 264 valence electrons. The zero-order valence-corrected chi connectivity index (χ0v) is 29.8. The highest BCUT2D eigenvalue weighted by Crippen LogP contribution is 2.59. The first-order chi connectivity index (χ1) is 23.2. The summed E-state index contributed by atoms with van der Waals surface area (Å²) in [6.07, 6.45) is 10.5. The van der Waals surface area contributed by atoms with E-state index in [1.54, 1.807) is 0 Å². The number of rotatable bonds is 8. The molecule has 2 aromatic carbocycles. The van der Waals surface area contributed by atoms with Crippen LogP contribution in [0.25, 0.3) is 0 Å². The van der Waals surface area contributed by atoms with Crippen molar-refractivity contribution in [3.05, 3.63) is 58.7 Å². The molecule has 9 heteroatoms. The minimum Gasteiger partial charge on any atom is -0.399 e. The lowest BCUT2D eigenvalue weighted by Gasteiger charge is -2.56. The second-order valence-corrected chi connectivity index (χ2v) is 16.4. The van der Waals surface area contributed by atoms with Gasteiger partial charge >= 0.3 is 6.03 Å². The van der Waals surface area contributed by atoms with Crippen molar-refractivity contribution in [2.45, 2.75) is 122 Å². The highest BCUT2D eigenvalue weighted by atomic mass is 16.2. The fourth-order valence-corrected chi connectivity index (χ4v) is 10.8. The Morgan fingerprint density at radius 1 is 0.755 bits per heavy atom. The molecule has 0 aliphatic heterocycles. The van der Waals surface area contributed by atoms with E-state index in [2.05, 4.69) is 67.9 Å². The van der Waals surface area contributed by atoms with Crippen molar-refractivity contribution in [3.8, 4) is 0 Å². The number of fused-ring (bicyclic) bond motifs is 6. The molecule has 2 aromatic rings. The molecule has 5 amide bonds. The van der Waals surface area contributed by atoms with E-state index in [1.165, 1.54) is 22.3 Å². The molecule has 0 radical (unpaired) electrons. The molecule has 2 unspecified atom stereocenters. The molecule has 6 atom stereocenters. The Morgan fingerprint density at radius 2 is 1.31 bits per heavy atom. The van der Waals surface area contributed by atoms with Crippen LogP contribution >= 0.6 is 0 Å². The smallest absolute Gasteiger partial charge is 0.312 e. The molecule has 2 saturated carbocycles. The Balaban J connectivity index is 1.18. The van der Waals surface area contributed by atoms with Crippen LogP contribution in [0.3, 0.4) is 0 Å². The summed E-state index contributed by atoms with van der Waals surface area (Å²) in [5.41, 5.74) is 16.2. The number of carbonyl (C=O) groups excluding carboxylic acids is 4. The quantitative estimate of drug-likeness (QED) is 0.125. The van der Waals surface area contributed by atoms with Crippen molar-refractivity contribution in [3.63, 3.8) is 0 Å². The van der Waals surface area contributed by atoms with Crippen LogP contribution in [0, 0.1) is 22.7 Å². The molecule has 0 aromatic heterocycles. The maximum Gasteiger partial charge on any atom is 0.312 e. The summed E-state index contributed by atoms with van der Waals surface area (Å²) in [6.45, 7) is 9.19. The Kier molecular flexibility index (Phi) is 9.35. The van der Waals surface area contributed by atoms with Crippen LogP contribution < -0.4 is 27.4 Å². The number of nitrogens with one attached hydrogen (secondary N) is 3. The molecule has 0 spiro atoms. The number of nitrogen functional groups attached to an aromatic ring is 1. The maximum absolute atomic E-state index is 14.5. The highest BCUT2D eigenvalue weighted by molar-refractivity contribution is 6.01. The van der Waals surface area contributed by atoms with Gasteiger partial charge in [0.05, 0.1) is 10.8 Å². The van der Waals surface area contributed by atoms with E-state index in [9.17, 15) is 19.2 Å². The van der Waals surface area contributed by atoms with E-state index in [0.29, 0.717) is 25.8 Å². The van der Waals surface area contributed by atoms with Crippen LogP contribution in [0.2, 0.25) is 0 Å². The average molecular weight is 670 g/mol. The largest absolute Gasteiger partial charge is 0.399 e. The third-order valence-electron chi connectivity index (χ3n) is 13.4. The fourth-order valence-electron chi connectivity index (χ4n) is 10.8. The normalized spacial score (nSPS) is 31.6. The second-order valence-electron chi connectivity index (χ2n) is 16.4. The number of benzene rings is 2. The molecule has 6 rings (SSSR count). The third-order valence-corrected chi connectivity index (χ3v) is 13.4. The number of primary amides is 1. The van der Waals surface area contributed by atoms with Gasteiger partial charge in [0, 0.05) is 24.3 Å². The number of urea groups is 1. The van der Waals surface area contributed by atoms with E-state index < -0.39 is 16.9 Å². The number of amides is 5. The molecule has 0 heterocycles. The lowest BCUT2D eigenvalue weighted by Crippen LogP contribution is -2.60. The summed E-state index contributed by atoms with van der Waals surface area (Å²) in [6, 6.07) is 11.9. The Hall–Kier alpha value is -3.88. The van der Waals surface area contributed by atoms with Gasteiger partial charge in [0.25, 0.3) is 0 Å². The van der Waals surface area contributed by atoms with Gasteiger partial charge in [0.15, 0.2) is 0 Å². The van der Waals surface area contributed by atoms with Gasteiger partial charge in [-0.3, -0.25) is 19.7 Å². The number of hydrogen-bond acceptors (Lipinski definition) is 5. The number of imide groups is 1. The van der Waals surface area contributed by atoms with Gasteiger partial charge in [0.1, 0.15) is 0 Å². The van der Waals surface area contributed by atoms with Gasteiger partial charge in [-0.15, -0.1) is 0 Å². The van der Waals surface area contributed by atoms with Crippen molar-refractivity contribution in [2.75, 3.05) is 17.6 Å². The first-order valence-electron chi connectivity index (χ1n) is 18.4. The number of aryl methyl sites for hydroxylation is 2. The monoisotopic (exact) mass is 669 g/mol. The third kappa shape index (κ3) is 6.23. The topological polar surface area (TPSA) is 156 Å². The minimum absolute atomic E-state index is 0.0618. The molecule has 9 nitrogen and oxygen atoms in total. The van der Waals surface area contributed by atoms with E-state index >= 15 is 0 Å². The standard InChI is InChI=1S/C40H55N5O4/c1-37-18-7-20-39(3,31(37)16-12-25-10-14-27(41)23-29(25)37)34(47)45-35(48)40(4)21-8-19-38(2)30-24-28(15-11-26(30)13-17-32(38)40)44-33(46)9-5-6-22-43-36(42)49/h10-11,14-15,23-24,31-32H,5-9,12-13,16-22,41H2,1-4H3,(H,44,46)(H3,42,43,49)(H,45,47,48)/t31?,32?,37-,38-,39+,40+/m1/s1. The first-order valence-corrected chi connectivity index (χ1v) is 18.4. The number of unbranched alkanes of at least 4 members (excludes halogenated alkanes) is 1. The van der Waals surface area contributed by atoms with Gasteiger partial charge in [-0.25, -0.2) is 4.79 Å². The summed E-state index contributed by atoms with van der Waals surface area (Å²) >= 11 is 0. The number of hydrogen-bond donors (Lipinski definition) is 5. The molecule has 0 saturated heterocycles. The number of anilines is 2. The first kappa shape index (κ1) is 35.0. The highest BCUT2D eigenvalue weighted by Gasteiger charge is 2.58. The maximum atomic E-state index is 14.5. The van der Waals surface area contributed by atoms with Crippen molar-refractivity contribution >= 4 is 35.1 Å². The molecular weight excluding hydrogens is 614 g/mol. The van der Waals surface area contributed by atoms with Gasteiger partial charge < -0.3 is 22.1 Å². The number of nitrogens with two attached hydrogens (primary N) is 2. The molecule has 4 aliphatic rings. The van der Waals surface area contributed by atoms with Crippen molar-refractivity contribution in [2.24, 2.45) is 28.4 Å². The predicted molar refractivity (Wildman–Crippen MR) is 193 cm³/mol. The fraction of sp³-hybridized carbons (Fsp3) is 0.600. The average Bonchev–Trinajstić information content (AvgIpc) is 3.04. The van der Waals surface area contributed by atoms with E-state index in [-0.39, 0.29) is 40.4 Å². The molecule has 7 N–H and O–H groups in total. The minimum atomic E-state index is -0.694.